The van der Waals surface area contributed by atoms with Crippen LogP contribution in [0.3, 0.4) is 0 Å². The normalized spacial score (nSPS) is 10.0. The van der Waals surface area contributed by atoms with E-state index in [-0.39, 0.29) is 28.9 Å². The summed E-state index contributed by atoms with van der Waals surface area (Å²) in [6.07, 6.45) is 0.958. The van der Waals surface area contributed by atoms with Gasteiger partial charge in [-0.3, -0.25) is 19.7 Å². The zero-order valence-corrected chi connectivity index (χ0v) is 12.4. The maximum absolute atomic E-state index is 11.9. The smallest absolute Gasteiger partial charge is 0.288 e. The molecule has 1 aromatic rings. The van der Waals surface area contributed by atoms with E-state index in [9.17, 15) is 19.7 Å². The van der Waals surface area contributed by atoms with Crippen molar-refractivity contribution in [1.29, 1.82) is 0 Å². The molecule has 0 aliphatic heterocycles. The number of aromatic nitrogens is 1. The van der Waals surface area contributed by atoms with E-state index in [2.05, 4.69) is 10.3 Å². The topological polar surface area (TPSA) is 105 Å². The Kier molecular flexibility index (Phi) is 6.04. The fourth-order valence-electron chi connectivity index (χ4n) is 1.64. The summed E-state index contributed by atoms with van der Waals surface area (Å²) in [5, 5.41) is 12.9. The van der Waals surface area contributed by atoms with Crippen molar-refractivity contribution in [3.8, 4) is 0 Å². The van der Waals surface area contributed by atoms with Crippen LogP contribution in [0, 0.1) is 10.1 Å². The zero-order chi connectivity index (χ0) is 16.0. The highest BCUT2D eigenvalue weighted by molar-refractivity contribution is 6.32. The van der Waals surface area contributed by atoms with Gasteiger partial charge in [0.25, 0.3) is 11.6 Å². The predicted octanol–water partition coefficient (Wildman–Crippen LogP) is 1.24. The number of amides is 2. The van der Waals surface area contributed by atoms with Crippen LogP contribution in [0.5, 0.6) is 0 Å². The van der Waals surface area contributed by atoms with Gasteiger partial charge in [0.15, 0.2) is 0 Å². The molecule has 2 amide bonds. The molecule has 0 aliphatic carbocycles. The molecule has 1 aromatic heterocycles. The predicted molar refractivity (Wildman–Crippen MR) is 76.2 cm³/mol. The average molecular weight is 315 g/mol. The minimum absolute atomic E-state index is 0.141. The number of pyridine rings is 1. The van der Waals surface area contributed by atoms with Crippen molar-refractivity contribution in [1.82, 2.24) is 15.2 Å². The Balaban J connectivity index is 2.78. The molecule has 0 aliphatic rings. The highest BCUT2D eigenvalue weighted by atomic mass is 35.5. The molecule has 9 heteroatoms. The molecule has 21 heavy (non-hydrogen) atoms. The summed E-state index contributed by atoms with van der Waals surface area (Å²) < 4.78 is 0. The highest BCUT2D eigenvalue weighted by Gasteiger charge is 2.18. The van der Waals surface area contributed by atoms with Crippen LogP contribution in [-0.2, 0) is 4.79 Å². The molecule has 0 unspecified atom stereocenters. The Bertz CT molecular complexity index is 560. The summed E-state index contributed by atoms with van der Waals surface area (Å²) in [4.78, 5) is 38.8. The van der Waals surface area contributed by atoms with Crippen LogP contribution in [0.1, 0.15) is 24.2 Å². The molecule has 0 fully saturated rings. The molecule has 0 aromatic carbocycles. The summed E-state index contributed by atoms with van der Waals surface area (Å²) in [6, 6.07) is 1.02. The number of nitro groups is 1. The number of nitrogens with one attached hydrogen (secondary N) is 1. The number of halogens is 1. The van der Waals surface area contributed by atoms with Crippen LogP contribution in [0.15, 0.2) is 12.3 Å². The van der Waals surface area contributed by atoms with Gasteiger partial charge in [-0.1, -0.05) is 11.6 Å². The number of carbonyl (C=O) groups is 2. The Morgan fingerprint density at radius 2 is 2.05 bits per heavy atom. The summed E-state index contributed by atoms with van der Waals surface area (Å²) in [6.45, 7) is 4.50. The minimum atomic E-state index is -0.684. The van der Waals surface area contributed by atoms with Gasteiger partial charge < -0.3 is 10.2 Å². The third-order valence-corrected chi connectivity index (χ3v) is 3.10. The maximum Gasteiger partial charge on any atom is 0.288 e. The molecule has 1 heterocycles. The van der Waals surface area contributed by atoms with E-state index in [1.165, 1.54) is 0 Å². The lowest BCUT2D eigenvalue weighted by atomic mass is 10.2. The van der Waals surface area contributed by atoms with Crippen LogP contribution in [0.2, 0.25) is 5.15 Å². The number of nitrogens with zero attached hydrogens (tertiary/aromatic N) is 3. The van der Waals surface area contributed by atoms with Crippen molar-refractivity contribution in [3.63, 3.8) is 0 Å². The van der Waals surface area contributed by atoms with Crippen molar-refractivity contribution in [2.75, 3.05) is 19.6 Å². The molecular weight excluding hydrogens is 300 g/mol. The highest BCUT2D eigenvalue weighted by Crippen LogP contribution is 2.18. The molecule has 114 valence electrons. The van der Waals surface area contributed by atoms with Gasteiger partial charge in [0, 0.05) is 19.2 Å². The van der Waals surface area contributed by atoms with Crippen molar-refractivity contribution in [2.24, 2.45) is 0 Å². The van der Waals surface area contributed by atoms with Crippen molar-refractivity contribution >= 4 is 29.1 Å². The van der Waals surface area contributed by atoms with Crippen LogP contribution in [-0.4, -0.2) is 46.3 Å². The second-order valence-electron chi connectivity index (χ2n) is 4.04. The van der Waals surface area contributed by atoms with Crippen LogP contribution in [0.4, 0.5) is 5.69 Å². The Morgan fingerprint density at radius 1 is 1.43 bits per heavy atom. The second-order valence-corrected chi connectivity index (χ2v) is 4.40. The fourth-order valence-corrected chi connectivity index (χ4v) is 1.82. The molecule has 0 saturated heterocycles. The van der Waals surface area contributed by atoms with Crippen LogP contribution >= 0.6 is 11.6 Å². The minimum Gasteiger partial charge on any atom is -0.343 e. The van der Waals surface area contributed by atoms with Gasteiger partial charge in [-0.05, 0) is 13.8 Å². The van der Waals surface area contributed by atoms with Gasteiger partial charge in [0.1, 0.15) is 11.3 Å². The van der Waals surface area contributed by atoms with Crippen LogP contribution in [0.25, 0.3) is 0 Å². The number of carbonyl (C=O) groups excluding carboxylic acids is 2. The van der Waals surface area contributed by atoms with E-state index in [0.717, 1.165) is 12.3 Å². The molecule has 1 rings (SSSR count). The summed E-state index contributed by atoms with van der Waals surface area (Å²) >= 11 is 5.74. The molecule has 0 saturated carbocycles. The maximum atomic E-state index is 11.9. The Morgan fingerprint density at radius 3 is 2.57 bits per heavy atom. The number of likely N-dealkylation sites (N-methyl/N-ethyl adjacent to an activating group) is 1. The number of hydrogen-bond acceptors (Lipinski definition) is 5. The quantitative estimate of drug-likeness (QED) is 0.483. The molecule has 8 nitrogen and oxygen atoms in total. The van der Waals surface area contributed by atoms with E-state index >= 15 is 0 Å². The first-order valence-electron chi connectivity index (χ1n) is 6.26. The van der Waals surface area contributed by atoms with E-state index in [1.54, 1.807) is 4.90 Å². The van der Waals surface area contributed by atoms with Gasteiger partial charge in [0.05, 0.1) is 17.0 Å². The standard InChI is InChI=1S/C12H15ClN4O4/c1-3-16(4-2)10(18)7-15-12(19)9-5-8(17(20)21)6-14-11(9)13/h5-6H,3-4,7H2,1-2H3,(H,15,19). The third kappa shape index (κ3) is 4.38. The number of hydrogen-bond donors (Lipinski definition) is 1. The summed E-state index contributed by atoms with van der Waals surface area (Å²) in [5.74, 6) is -0.931. The van der Waals surface area contributed by atoms with Crippen molar-refractivity contribution in [3.05, 3.63) is 33.1 Å². The lowest BCUT2D eigenvalue weighted by molar-refractivity contribution is -0.385. The van der Waals surface area contributed by atoms with E-state index in [0.29, 0.717) is 13.1 Å². The monoisotopic (exact) mass is 314 g/mol. The summed E-state index contributed by atoms with van der Waals surface area (Å²) in [7, 11) is 0. The largest absolute Gasteiger partial charge is 0.343 e. The average Bonchev–Trinajstić information content (AvgIpc) is 2.46. The molecule has 0 atom stereocenters. The molecular formula is C12H15ClN4O4. The van der Waals surface area contributed by atoms with Gasteiger partial charge in [-0.25, -0.2) is 4.98 Å². The van der Waals surface area contributed by atoms with E-state index in [4.69, 9.17) is 11.6 Å². The van der Waals surface area contributed by atoms with Gasteiger partial charge in [-0.2, -0.15) is 0 Å². The first-order chi connectivity index (χ1) is 9.90. The third-order valence-electron chi connectivity index (χ3n) is 2.80. The van der Waals surface area contributed by atoms with Gasteiger partial charge in [0.2, 0.25) is 5.91 Å². The molecule has 0 bridgehead atoms. The van der Waals surface area contributed by atoms with Crippen LogP contribution < -0.4 is 5.32 Å². The van der Waals surface area contributed by atoms with Gasteiger partial charge in [-0.15, -0.1) is 0 Å². The molecule has 0 spiro atoms. The number of rotatable bonds is 6. The van der Waals surface area contributed by atoms with Crippen molar-refractivity contribution in [2.45, 2.75) is 13.8 Å². The lowest BCUT2D eigenvalue weighted by Crippen LogP contribution is -2.40. The molecule has 1 N–H and O–H groups in total. The van der Waals surface area contributed by atoms with Crippen molar-refractivity contribution < 1.29 is 14.5 Å². The fraction of sp³-hybridized carbons (Fsp3) is 0.417. The summed E-state index contributed by atoms with van der Waals surface area (Å²) in [5.41, 5.74) is -0.488. The Hall–Kier alpha value is -2.22. The first-order valence-corrected chi connectivity index (χ1v) is 6.64. The Labute approximate surface area is 126 Å². The first kappa shape index (κ1) is 16.8. The lowest BCUT2D eigenvalue weighted by Gasteiger charge is -2.18. The SMILES string of the molecule is CCN(CC)C(=O)CNC(=O)c1cc([N+](=O)[O-])cnc1Cl. The van der Waals surface area contributed by atoms with Gasteiger partial charge >= 0.3 is 0 Å². The van der Waals surface area contributed by atoms with E-state index < -0.39 is 10.8 Å². The van der Waals surface area contributed by atoms with E-state index in [1.807, 2.05) is 13.8 Å². The zero-order valence-electron chi connectivity index (χ0n) is 11.6. The molecule has 0 radical (unpaired) electrons. The second kappa shape index (κ2) is 7.53.